The summed E-state index contributed by atoms with van der Waals surface area (Å²) in [5.74, 6) is -1.70. The first-order valence-corrected chi connectivity index (χ1v) is 12.0. The topological polar surface area (TPSA) is 95.9 Å². The van der Waals surface area contributed by atoms with Gasteiger partial charge in [-0.15, -0.1) is 0 Å². The number of amides is 2. The molecule has 1 atom stereocenters. The van der Waals surface area contributed by atoms with Crippen LogP contribution in [0.25, 0.3) is 11.1 Å². The monoisotopic (exact) mass is 536 g/mol. The van der Waals surface area contributed by atoms with Crippen LogP contribution in [0.5, 0.6) is 0 Å². The molecule has 7 nitrogen and oxygen atoms in total. The maximum atomic E-state index is 13.1. The van der Waals surface area contributed by atoms with E-state index >= 15 is 0 Å². The van der Waals surface area contributed by atoms with Crippen LogP contribution in [-0.2, 0) is 9.53 Å². The number of halogens is 1. The van der Waals surface area contributed by atoms with Gasteiger partial charge < -0.3 is 14.7 Å². The lowest BCUT2D eigenvalue weighted by atomic mass is 9.98. The van der Waals surface area contributed by atoms with E-state index in [1.54, 1.807) is 19.1 Å². The number of ether oxygens (including phenoxy) is 1. The molecule has 0 aliphatic heterocycles. The summed E-state index contributed by atoms with van der Waals surface area (Å²) >= 11 is 3.36. The number of hydrogen-bond acceptors (Lipinski definition) is 4. The van der Waals surface area contributed by atoms with Crippen LogP contribution in [0.3, 0.4) is 0 Å². The molecule has 180 valence electrons. The first-order chi connectivity index (χ1) is 16.8. The van der Waals surface area contributed by atoms with Gasteiger partial charge in [-0.05, 0) is 46.9 Å². The molecule has 2 amide bonds. The van der Waals surface area contributed by atoms with Crippen LogP contribution in [0.2, 0.25) is 0 Å². The molecule has 0 bridgehead atoms. The molecule has 3 aromatic carbocycles. The van der Waals surface area contributed by atoms with E-state index in [2.05, 4.69) is 33.4 Å². The molecule has 0 saturated carbocycles. The van der Waals surface area contributed by atoms with E-state index in [4.69, 9.17) is 4.74 Å². The number of carbonyl (C=O) groups is 3. The van der Waals surface area contributed by atoms with Crippen molar-refractivity contribution in [1.29, 1.82) is 0 Å². The van der Waals surface area contributed by atoms with Gasteiger partial charge in [0.05, 0.1) is 11.3 Å². The molecule has 0 radical (unpaired) electrons. The maximum absolute atomic E-state index is 13.1. The number of likely N-dealkylation sites (N-methyl/N-ethyl adjacent to an activating group) is 1. The van der Waals surface area contributed by atoms with Crippen LogP contribution in [0.15, 0.2) is 71.2 Å². The maximum Gasteiger partial charge on any atom is 0.411 e. The van der Waals surface area contributed by atoms with E-state index in [0.29, 0.717) is 4.47 Å². The van der Waals surface area contributed by atoms with Gasteiger partial charge in [-0.3, -0.25) is 10.1 Å². The Morgan fingerprint density at radius 3 is 2.20 bits per heavy atom. The Balaban J connectivity index is 1.51. The molecule has 0 saturated heterocycles. The molecule has 0 aromatic heterocycles. The number of carbonyl (C=O) groups excluding carboxylic acids is 2. The van der Waals surface area contributed by atoms with Crippen LogP contribution >= 0.6 is 15.9 Å². The lowest BCUT2D eigenvalue weighted by molar-refractivity contribution is -0.142. The molecule has 1 aliphatic rings. The Kier molecular flexibility index (Phi) is 7.21. The van der Waals surface area contributed by atoms with Crippen LogP contribution in [0.1, 0.15) is 40.7 Å². The van der Waals surface area contributed by atoms with Crippen LogP contribution in [-0.4, -0.2) is 47.7 Å². The van der Waals surface area contributed by atoms with Crippen molar-refractivity contribution in [2.75, 3.05) is 19.0 Å². The largest absolute Gasteiger partial charge is 0.480 e. The number of rotatable bonds is 7. The standard InChI is InChI=1S/C27H25BrN2O5/c1-3-24(26(32)33)30(2)25(31)21-13-12-16(28)14-23(21)29-27(34)35-15-22-19-10-6-4-8-17(19)18-9-5-7-11-20(18)22/h4-14,22,24H,3,15H2,1-2H3,(H,29,34)(H,32,33). The molecule has 0 spiro atoms. The highest BCUT2D eigenvalue weighted by Gasteiger charge is 2.30. The minimum Gasteiger partial charge on any atom is -0.480 e. The fourth-order valence-electron chi connectivity index (χ4n) is 4.50. The number of nitrogens with zero attached hydrogens (tertiary/aromatic N) is 1. The second-order valence-corrected chi connectivity index (χ2v) is 9.23. The van der Waals surface area contributed by atoms with E-state index in [-0.39, 0.29) is 30.2 Å². The molecular weight excluding hydrogens is 512 g/mol. The summed E-state index contributed by atoms with van der Waals surface area (Å²) in [5, 5.41) is 12.1. The summed E-state index contributed by atoms with van der Waals surface area (Å²) in [6, 6.07) is 19.9. The zero-order valence-corrected chi connectivity index (χ0v) is 20.9. The molecular formula is C27H25BrN2O5. The van der Waals surface area contributed by atoms with Gasteiger partial charge in [-0.2, -0.15) is 0 Å². The summed E-state index contributed by atoms with van der Waals surface area (Å²) in [4.78, 5) is 38.5. The lowest BCUT2D eigenvalue weighted by Crippen LogP contribution is -2.42. The Labute approximate surface area is 211 Å². The van der Waals surface area contributed by atoms with Crippen molar-refractivity contribution in [2.24, 2.45) is 0 Å². The van der Waals surface area contributed by atoms with E-state index in [0.717, 1.165) is 27.2 Å². The number of fused-ring (bicyclic) bond motifs is 3. The van der Waals surface area contributed by atoms with Gasteiger partial charge in [0.25, 0.3) is 5.91 Å². The summed E-state index contributed by atoms with van der Waals surface area (Å²) < 4.78 is 6.25. The molecule has 0 heterocycles. The molecule has 4 rings (SSSR count). The first-order valence-electron chi connectivity index (χ1n) is 11.2. The zero-order valence-electron chi connectivity index (χ0n) is 19.3. The molecule has 1 unspecified atom stereocenters. The van der Waals surface area contributed by atoms with Crippen molar-refractivity contribution in [3.8, 4) is 11.1 Å². The number of benzene rings is 3. The third-order valence-corrected chi connectivity index (χ3v) is 6.75. The number of carboxylic acids is 1. The van der Waals surface area contributed by atoms with E-state index in [1.165, 1.54) is 13.1 Å². The first kappa shape index (κ1) is 24.5. The highest BCUT2D eigenvalue weighted by molar-refractivity contribution is 9.10. The third-order valence-electron chi connectivity index (χ3n) is 6.25. The van der Waals surface area contributed by atoms with Crippen LogP contribution < -0.4 is 5.32 Å². The van der Waals surface area contributed by atoms with Gasteiger partial charge in [0, 0.05) is 17.4 Å². The average Bonchev–Trinajstić information content (AvgIpc) is 3.16. The number of aliphatic carboxylic acids is 1. The van der Waals surface area contributed by atoms with Crippen LogP contribution in [0.4, 0.5) is 10.5 Å². The van der Waals surface area contributed by atoms with Crippen molar-refractivity contribution in [3.05, 3.63) is 87.9 Å². The number of carboxylic acid groups (broad SMARTS) is 1. The molecule has 2 N–H and O–H groups in total. The number of anilines is 1. The fraction of sp³-hybridized carbons (Fsp3) is 0.222. The normalized spacial score (nSPS) is 12.9. The van der Waals surface area contributed by atoms with Gasteiger partial charge in [0.1, 0.15) is 12.6 Å². The highest BCUT2D eigenvalue weighted by atomic mass is 79.9. The molecule has 3 aromatic rings. The Bertz CT molecular complexity index is 1250. The van der Waals surface area contributed by atoms with Crippen molar-refractivity contribution in [3.63, 3.8) is 0 Å². The second-order valence-electron chi connectivity index (χ2n) is 8.32. The average molecular weight is 537 g/mol. The fourth-order valence-corrected chi connectivity index (χ4v) is 4.86. The van der Waals surface area contributed by atoms with Crippen molar-refractivity contribution >= 4 is 39.6 Å². The predicted molar refractivity (Wildman–Crippen MR) is 137 cm³/mol. The molecule has 8 heteroatoms. The zero-order chi connectivity index (χ0) is 25.1. The van der Waals surface area contributed by atoms with Crippen molar-refractivity contribution in [1.82, 2.24) is 4.90 Å². The second kappa shape index (κ2) is 10.3. The van der Waals surface area contributed by atoms with Gasteiger partial charge in [-0.1, -0.05) is 71.4 Å². The summed E-state index contributed by atoms with van der Waals surface area (Å²) in [7, 11) is 1.43. The highest BCUT2D eigenvalue weighted by Crippen LogP contribution is 2.44. The minimum atomic E-state index is -1.09. The van der Waals surface area contributed by atoms with Gasteiger partial charge >= 0.3 is 12.1 Å². The summed E-state index contributed by atoms with van der Waals surface area (Å²) in [6.07, 6.45) is -0.449. The number of nitrogens with one attached hydrogen (secondary N) is 1. The van der Waals surface area contributed by atoms with Crippen molar-refractivity contribution in [2.45, 2.75) is 25.3 Å². The summed E-state index contributed by atoms with van der Waals surface area (Å²) in [5.41, 5.74) is 4.85. The van der Waals surface area contributed by atoms with Gasteiger partial charge in [0.2, 0.25) is 0 Å². The van der Waals surface area contributed by atoms with E-state index in [9.17, 15) is 19.5 Å². The Hall–Kier alpha value is -3.65. The Morgan fingerprint density at radius 1 is 1.03 bits per heavy atom. The SMILES string of the molecule is CCC(C(=O)O)N(C)C(=O)c1ccc(Br)cc1NC(=O)OCC1c2ccccc2-c2ccccc21. The Morgan fingerprint density at radius 2 is 1.63 bits per heavy atom. The number of hydrogen-bond donors (Lipinski definition) is 2. The van der Waals surface area contributed by atoms with Crippen molar-refractivity contribution < 1.29 is 24.2 Å². The molecule has 0 fully saturated rings. The summed E-state index contributed by atoms with van der Waals surface area (Å²) in [6.45, 7) is 1.83. The van der Waals surface area contributed by atoms with Gasteiger partial charge in [0.15, 0.2) is 0 Å². The van der Waals surface area contributed by atoms with Crippen LogP contribution in [0, 0.1) is 0 Å². The van der Waals surface area contributed by atoms with E-state index in [1.807, 2.05) is 36.4 Å². The quantitative estimate of drug-likeness (QED) is 0.401. The van der Waals surface area contributed by atoms with Gasteiger partial charge in [-0.25, -0.2) is 9.59 Å². The predicted octanol–water partition coefficient (Wildman–Crippen LogP) is 5.75. The molecule has 1 aliphatic carbocycles. The third kappa shape index (κ3) is 4.93. The lowest BCUT2D eigenvalue weighted by Gasteiger charge is -2.25. The molecule has 35 heavy (non-hydrogen) atoms. The smallest absolute Gasteiger partial charge is 0.411 e. The minimum absolute atomic E-state index is 0.0937. The van der Waals surface area contributed by atoms with E-state index < -0.39 is 24.0 Å².